The third-order valence-corrected chi connectivity index (χ3v) is 4.10. The van der Waals surface area contributed by atoms with Crippen LogP contribution >= 0.6 is 0 Å². The smallest absolute Gasteiger partial charge is 0.170 e. The molecule has 2 N–H and O–H groups in total. The van der Waals surface area contributed by atoms with E-state index in [1.165, 1.54) is 25.3 Å². The fourth-order valence-electron chi connectivity index (χ4n) is 2.33. The Hall–Kier alpha value is -3.38. The largest absolute Gasteiger partial charge is 0.493 e. The minimum atomic E-state index is -4.82. The van der Waals surface area contributed by atoms with Crippen LogP contribution in [0.25, 0.3) is 5.70 Å². The molecule has 0 saturated heterocycles. The van der Waals surface area contributed by atoms with Gasteiger partial charge in [-0.1, -0.05) is 0 Å². The van der Waals surface area contributed by atoms with Crippen molar-refractivity contribution in [1.29, 1.82) is 5.26 Å². The van der Waals surface area contributed by atoms with Gasteiger partial charge in [-0.15, -0.1) is 0 Å². The first-order valence-corrected chi connectivity index (χ1v) is 10.6. The second kappa shape index (κ2) is 12.3. The highest BCUT2D eigenvalue weighted by molar-refractivity contribution is 7.93. The zero-order valence-corrected chi connectivity index (χ0v) is 18.6. The lowest BCUT2D eigenvalue weighted by Gasteiger charge is -2.11. The van der Waals surface area contributed by atoms with Gasteiger partial charge in [-0.3, -0.25) is 0 Å². The second-order valence-corrected chi connectivity index (χ2v) is 6.94. The first kappa shape index (κ1) is 19.6. The summed E-state index contributed by atoms with van der Waals surface area (Å²) in [4.78, 5) is 0. The Labute approximate surface area is 189 Å². The maximum atomic E-state index is 11.8. The van der Waals surface area contributed by atoms with Gasteiger partial charge in [0.2, 0.25) is 0 Å². The van der Waals surface area contributed by atoms with Crippen molar-refractivity contribution in [3.63, 3.8) is 0 Å². The average Bonchev–Trinajstić information content (AvgIpc) is 2.83. The molecule has 31 heavy (non-hydrogen) atoms. The van der Waals surface area contributed by atoms with Crippen LogP contribution < -0.4 is 24.7 Å². The fraction of sp³-hybridized carbons (Fsp3) is 0.318. The van der Waals surface area contributed by atoms with E-state index >= 15 is 0 Å². The molecule has 0 unspecified atom stereocenters. The Morgan fingerprint density at radius 1 is 1.06 bits per heavy atom. The Bertz CT molecular complexity index is 1190. The van der Waals surface area contributed by atoms with Crippen LogP contribution in [0.1, 0.15) is 30.5 Å². The van der Waals surface area contributed by atoms with Gasteiger partial charge in [0.15, 0.2) is 32.8 Å². The van der Waals surface area contributed by atoms with E-state index in [4.69, 9.17) is 35.4 Å². The van der Waals surface area contributed by atoms with Gasteiger partial charge < -0.3 is 24.7 Å². The summed E-state index contributed by atoms with van der Waals surface area (Å²) in [5, 5.41) is 7.49. The van der Waals surface area contributed by atoms with Gasteiger partial charge >= 0.3 is 0 Å². The zero-order chi connectivity index (χ0) is 26.8. The van der Waals surface area contributed by atoms with E-state index < -0.39 is 27.1 Å². The van der Waals surface area contributed by atoms with Crippen LogP contribution in [0.3, 0.4) is 0 Å². The lowest BCUT2D eigenvalue weighted by molar-refractivity contribution is 0.311. The molecular formula is C22H28N2O6S. The quantitative estimate of drug-likeness (QED) is 0.647. The summed E-state index contributed by atoms with van der Waals surface area (Å²) in [5.41, 5.74) is 5.90. The van der Waals surface area contributed by atoms with Gasteiger partial charge in [-0.2, -0.15) is 5.26 Å². The molecule has 0 aromatic heterocycles. The summed E-state index contributed by atoms with van der Waals surface area (Å²) in [5.74, 6) is 1.98. The molecule has 0 saturated carbocycles. The molecule has 2 aromatic carbocycles. The van der Waals surface area contributed by atoms with Crippen molar-refractivity contribution in [2.24, 2.45) is 5.73 Å². The van der Waals surface area contributed by atoms with E-state index in [2.05, 4.69) is 0 Å². The molecule has 0 atom stereocenters. The van der Waals surface area contributed by atoms with Gasteiger partial charge in [0.25, 0.3) is 0 Å². The van der Waals surface area contributed by atoms with Crippen molar-refractivity contribution in [2.45, 2.75) is 13.8 Å². The highest BCUT2D eigenvalue weighted by Crippen LogP contribution is 2.30. The summed E-state index contributed by atoms with van der Waals surface area (Å²) < 4.78 is 72.8. The third-order valence-electron chi connectivity index (χ3n) is 3.61. The molecule has 2 rings (SSSR count). The number of rotatable bonds is 8. The van der Waals surface area contributed by atoms with E-state index in [0.29, 0.717) is 41.8 Å². The van der Waals surface area contributed by atoms with Gasteiger partial charge in [0.1, 0.15) is 0 Å². The molecule has 168 valence electrons. The summed E-state index contributed by atoms with van der Waals surface area (Å²) in [6.07, 6.45) is -3.34. The first-order chi connectivity index (χ1) is 16.4. The molecule has 0 heterocycles. The molecule has 0 aliphatic heterocycles. The number of hydrogen-bond donors (Lipinski definition) is 1. The molecule has 0 spiro atoms. The standard InChI is InChI=1S/C12H17NO4S.C10H11NO2/c1-4-17-12-7-9(5-6-11(12)16-2)10(13)8-18(3,14)15;1-3-13-10-6-8(7-11)4-5-9(10)12-2/h5-8H,4,13H2,1-3H3;4-6H,3H2,1-2H3/i3D3,8D;. The molecule has 9 heteroatoms. The van der Waals surface area contributed by atoms with E-state index in [-0.39, 0.29) is 5.56 Å². The second-order valence-electron chi connectivity index (χ2n) is 5.73. The number of nitriles is 1. The first-order valence-electron chi connectivity index (χ1n) is 11.1. The molecule has 0 radical (unpaired) electrons. The zero-order valence-electron chi connectivity index (χ0n) is 21.8. The van der Waals surface area contributed by atoms with Crippen LogP contribution in [0.4, 0.5) is 0 Å². The predicted molar refractivity (Wildman–Crippen MR) is 120 cm³/mol. The van der Waals surface area contributed by atoms with E-state index in [0.717, 1.165) is 0 Å². The molecule has 0 bridgehead atoms. The minimum absolute atomic E-state index is 0.155. The van der Waals surface area contributed by atoms with Crippen LogP contribution in [0.15, 0.2) is 41.8 Å². The maximum Gasteiger partial charge on any atom is 0.170 e. The lowest BCUT2D eigenvalue weighted by Crippen LogP contribution is -2.02. The molecule has 8 nitrogen and oxygen atoms in total. The van der Waals surface area contributed by atoms with Crippen molar-refractivity contribution < 1.29 is 32.8 Å². The number of benzene rings is 2. The average molecular weight is 453 g/mol. The van der Waals surface area contributed by atoms with Gasteiger partial charge in [0, 0.05) is 21.9 Å². The van der Waals surface area contributed by atoms with Crippen LogP contribution in [-0.4, -0.2) is 42.0 Å². The van der Waals surface area contributed by atoms with Crippen molar-refractivity contribution in [3.8, 4) is 29.1 Å². The minimum Gasteiger partial charge on any atom is -0.493 e. The fourth-order valence-corrected chi connectivity index (χ4v) is 2.74. The van der Waals surface area contributed by atoms with Gasteiger partial charge in [-0.05, 0) is 44.2 Å². The highest BCUT2D eigenvalue weighted by Gasteiger charge is 2.08. The molecule has 0 aliphatic carbocycles. The van der Waals surface area contributed by atoms with Crippen molar-refractivity contribution in [2.75, 3.05) is 33.6 Å². The van der Waals surface area contributed by atoms with Crippen molar-refractivity contribution >= 4 is 15.5 Å². The van der Waals surface area contributed by atoms with Crippen LogP contribution in [-0.2, 0) is 9.84 Å². The third kappa shape index (κ3) is 8.48. The summed E-state index contributed by atoms with van der Waals surface area (Å²) in [6.45, 7) is 4.54. The number of nitrogens with two attached hydrogens (primary N) is 1. The maximum absolute atomic E-state index is 11.8. The number of ether oxygens (including phenoxy) is 4. The Kier molecular flexibility index (Phi) is 7.80. The topological polar surface area (TPSA) is 121 Å². The summed E-state index contributed by atoms with van der Waals surface area (Å²) >= 11 is 0. The summed E-state index contributed by atoms with van der Waals surface area (Å²) in [6, 6.07) is 11.4. The van der Waals surface area contributed by atoms with E-state index in [1.54, 1.807) is 32.2 Å². The molecule has 0 fully saturated rings. The number of methoxy groups -OCH3 is 2. The van der Waals surface area contributed by atoms with Gasteiger partial charge in [0.05, 0.1) is 51.5 Å². The number of sulfone groups is 1. The lowest BCUT2D eigenvalue weighted by atomic mass is 10.1. The molecule has 0 aliphatic rings. The number of nitrogens with zero attached hydrogens (tertiary/aromatic N) is 1. The van der Waals surface area contributed by atoms with Crippen molar-refractivity contribution in [1.82, 2.24) is 0 Å². The predicted octanol–water partition coefficient (Wildman–Crippen LogP) is 3.36. The van der Waals surface area contributed by atoms with Crippen LogP contribution in [0, 0.1) is 11.3 Å². The highest BCUT2D eigenvalue weighted by atomic mass is 32.2. The van der Waals surface area contributed by atoms with Gasteiger partial charge in [-0.25, -0.2) is 8.42 Å². The molecule has 0 amide bonds. The normalized spacial score (nSPS) is 13.5. The van der Waals surface area contributed by atoms with Crippen molar-refractivity contribution in [3.05, 3.63) is 52.9 Å². The number of hydrogen-bond acceptors (Lipinski definition) is 8. The van der Waals surface area contributed by atoms with Crippen LogP contribution in [0.5, 0.6) is 23.0 Å². The molecule has 2 aromatic rings. The Morgan fingerprint density at radius 2 is 1.61 bits per heavy atom. The SMILES string of the molecule is CCOc1cc(C#N)ccc1OC.[2H]C(=C(N)c1ccc(OC)c(OCC)c1)S(=O)(=O)C([2H])([2H])[2H]. The van der Waals surface area contributed by atoms with Crippen LogP contribution in [0.2, 0.25) is 0 Å². The van der Waals surface area contributed by atoms with E-state index in [9.17, 15) is 8.42 Å². The Balaban J connectivity index is 0.000000400. The molecular weight excluding hydrogens is 420 g/mol. The monoisotopic (exact) mass is 452 g/mol. The summed E-state index contributed by atoms with van der Waals surface area (Å²) in [7, 11) is -1.81. The van der Waals surface area contributed by atoms with E-state index in [1.807, 2.05) is 13.0 Å². The Morgan fingerprint density at radius 3 is 2.10 bits per heavy atom.